The second-order valence-corrected chi connectivity index (χ2v) is 5.16. The highest BCUT2D eigenvalue weighted by Gasteiger charge is 2.34. The van der Waals surface area contributed by atoms with Gasteiger partial charge in [0.05, 0.1) is 0 Å². The summed E-state index contributed by atoms with van der Waals surface area (Å²) < 4.78 is 4.63. The quantitative estimate of drug-likeness (QED) is 0.797. The van der Waals surface area contributed by atoms with Crippen molar-refractivity contribution in [2.45, 2.75) is 38.3 Å². The van der Waals surface area contributed by atoms with Crippen LogP contribution in [0.5, 0.6) is 0 Å². The Morgan fingerprint density at radius 3 is 3.00 bits per heavy atom. The molecule has 0 N–H and O–H groups in total. The van der Waals surface area contributed by atoms with Crippen LogP contribution >= 0.6 is 0 Å². The Kier molecular flexibility index (Phi) is 3.22. The number of fused-ring (bicyclic) bond motifs is 1. The van der Waals surface area contributed by atoms with E-state index >= 15 is 0 Å². The lowest BCUT2D eigenvalue weighted by atomic mass is 10.1. The molecule has 0 spiro atoms. The Labute approximate surface area is 115 Å². The predicted octanol–water partition coefficient (Wildman–Crippen LogP) is 1.80. The van der Waals surface area contributed by atoms with Gasteiger partial charge in [0.15, 0.2) is 0 Å². The third-order valence-corrected chi connectivity index (χ3v) is 3.89. The lowest BCUT2D eigenvalue weighted by Crippen LogP contribution is -2.40. The van der Waals surface area contributed by atoms with Gasteiger partial charge in [-0.05, 0) is 48.3 Å². The number of hydrogen-bond donors (Lipinski definition) is 0. The zero-order chi connectivity index (χ0) is 14.1. The molecule has 2 heterocycles. The molecule has 6 heteroatoms. The minimum absolute atomic E-state index is 0.00105. The van der Waals surface area contributed by atoms with E-state index in [9.17, 15) is 9.59 Å². The van der Waals surface area contributed by atoms with Gasteiger partial charge in [-0.3, -0.25) is 4.79 Å². The molecule has 1 saturated heterocycles. The molecule has 0 aliphatic carbocycles. The highest BCUT2D eigenvalue weighted by atomic mass is 16.6. The first-order valence-electron chi connectivity index (χ1n) is 6.69. The second kappa shape index (κ2) is 5.03. The van der Waals surface area contributed by atoms with E-state index in [1.807, 2.05) is 11.8 Å². The summed E-state index contributed by atoms with van der Waals surface area (Å²) in [5.41, 5.74) is 1.74. The maximum atomic E-state index is 12.6. The second-order valence-electron chi connectivity index (χ2n) is 5.16. The molecule has 104 valence electrons. The van der Waals surface area contributed by atoms with E-state index in [2.05, 4.69) is 14.9 Å². The van der Waals surface area contributed by atoms with Gasteiger partial charge in [0.1, 0.15) is 17.3 Å². The molecule has 20 heavy (non-hydrogen) atoms. The minimum atomic E-state index is -0.0632. The van der Waals surface area contributed by atoms with Crippen molar-refractivity contribution in [2.75, 3.05) is 0 Å². The summed E-state index contributed by atoms with van der Waals surface area (Å²) in [6, 6.07) is 5.27. The number of nitrogens with zero attached hydrogens (tertiary/aromatic N) is 3. The van der Waals surface area contributed by atoms with Crippen LogP contribution in [0.2, 0.25) is 0 Å². The van der Waals surface area contributed by atoms with Crippen LogP contribution in [-0.2, 0) is 4.79 Å². The number of benzene rings is 1. The summed E-state index contributed by atoms with van der Waals surface area (Å²) in [4.78, 5) is 25.2. The molecule has 1 aliphatic heterocycles. The summed E-state index contributed by atoms with van der Waals surface area (Å²) in [5, 5.41) is 7.47. The SMILES string of the molecule is CC1CCC(CC=O)N1C(=O)c1ccc2nonc2c1. The molecular weight excluding hydrogens is 258 g/mol. The first kappa shape index (κ1) is 12.8. The number of likely N-dealkylation sites (tertiary alicyclic amines) is 1. The van der Waals surface area contributed by atoms with Crippen molar-refractivity contribution in [1.82, 2.24) is 15.2 Å². The van der Waals surface area contributed by atoms with Crippen LogP contribution in [-0.4, -0.2) is 39.5 Å². The molecule has 0 saturated carbocycles. The van der Waals surface area contributed by atoms with Gasteiger partial charge in [0.2, 0.25) is 0 Å². The zero-order valence-corrected chi connectivity index (χ0v) is 11.2. The van der Waals surface area contributed by atoms with Crippen molar-refractivity contribution >= 4 is 23.2 Å². The first-order valence-corrected chi connectivity index (χ1v) is 6.69. The zero-order valence-electron chi connectivity index (χ0n) is 11.2. The van der Waals surface area contributed by atoms with Crippen LogP contribution in [0.25, 0.3) is 11.0 Å². The Morgan fingerprint density at radius 1 is 1.40 bits per heavy atom. The fourth-order valence-corrected chi connectivity index (χ4v) is 2.84. The number of aromatic nitrogens is 2. The highest BCUT2D eigenvalue weighted by molar-refractivity contribution is 5.97. The van der Waals surface area contributed by atoms with Crippen molar-refractivity contribution in [1.29, 1.82) is 0 Å². The van der Waals surface area contributed by atoms with E-state index in [1.165, 1.54) is 0 Å². The number of hydrogen-bond acceptors (Lipinski definition) is 5. The van der Waals surface area contributed by atoms with Crippen LogP contribution in [0, 0.1) is 0 Å². The number of rotatable bonds is 3. The lowest BCUT2D eigenvalue weighted by Gasteiger charge is -2.27. The fraction of sp³-hybridized carbons (Fsp3) is 0.429. The third-order valence-electron chi connectivity index (χ3n) is 3.89. The van der Waals surface area contributed by atoms with Gasteiger partial charge >= 0.3 is 0 Å². The van der Waals surface area contributed by atoms with Crippen molar-refractivity contribution < 1.29 is 14.2 Å². The van der Waals surface area contributed by atoms with Gasteiger partial charge < -0.3 is 9.69 Å². The fourth-order valence-electron chi connectivity index (χ4n) is 2.84. The number of aldehydes is 1. The van der Waals surface area contributed by atoms with Crippen LogP contribution in [0.15, 0.2) is 22.8 Å². The van der Waals surface area contributed by atoms with Gasteiger partial charge in [-0.15, -0.1) is 0 Å². The molecular formula is C14H15N3O3. The lowest BCUT2D eigenvalue weighted by molar-refractivity contribution is -0.108. The van der Waals surface area contributed by atoms with Gasteiger partial charge in [-0.1, -0.05) is 0 Å². The Balaban J connectivity index is 1.91. The molecule has 2 aromatic rings. The molecule has 2 unspecified atom stereocenters. The van der Waals surface area contributed by atoms with Crippen molar-refractivity contribution in [3.8, 4) is 0 Å². The van der Waals surface area contributed by atoms with Crippen LogP contribution in [0.1, 0.15) is 36.5 Å². The van der Waals surface area contributed by atoms with E-state index in [-0.39, 0.29) is 18.0 Å². The Morgan fingerprint density at radius 2 is 2.20 bits per heavy atom. The molecule has 1 aromatic carbocycles. The van der Waals surface area contributed by atoms with Crippen LogP contribution in [0.4, 0.5) is 0 Å². The van der Waals surface area contributed by atoms with Gasteiger partial charge in [0.25, 0.3) is 5.91 Å². The summed E-state index contributed by atoms with van der Waals surface area (Å²) in [5.74, 6) is -0.0632. The average Bonchev–Trinajstić information content (AvgIpc) is 3.04. The molecule has 2 atom stereocenters. The Hall–Kier alpha value is -2.24. The van der Waals surface area contributed by atoms with Crippen molar-refractivity contribution in [3.63, 3.8) is 0 Å². The minimum Gasteiger partial charge on any atom is -0.333 e. The van der Waals surface area contributed by atoms with Crippen LogP contribution < -0.4 is 0 Å². The maximum Gasteiger partial charge on any atom is 0.254 e. The van der Waals surface area contributed by atoms with E-state index in [0.29, 0.717) is 23.0 Å². The summed E-state index contributed by atoms with van der Waals surface area (Å²) >= 11 is 0. The van der Waals surface area contributed by atoms with Crippen molar-refractivity contribution in [3.05, 3.63) is 23.8 Å². The molecule has 1 aromatic heterocycles. The first-order chi connectivity index (χ1) is 9.70. The summed E-state index contributed by atoms with van der Waals surface area (Å²) in [7, 11) is 0. The standard InChI is InChI=1S/C14H15N3O3/c1-9-2-4-11(6-7-18)17(9)14(19)10-3-5-12-13(8-10)16-20-15-12/h3,5,7-9,11H,2,4,6H2,1H3. The molecule has 6 nitrogen and oxygen atoms in total. The van der Waals surface area contributed by atoms with Gasteiger partial charge in [-0.25, -0.2) is 4.63 Å². The molecule has 0 radical (unpaired) electrons. The highest BCUT2D eigenvalue weighted by Crippen LogP contribution is 2.28. The largest absolute Gasteiger partial charge is 0.333 e. The monoisotopic (exact) mass is 273 g/mol. The van der Waals surface area contributed by atoms with Crippen LogP contribution in [0.3, 0.4) is 0 Å². The molecule has 3 rings (SSSR count). The van der Waals surface area contributed by atoms with Gasteiger partial charge in [0, 0.05) is 24.1 Å². The van der Waals surface area contributed by atoms with E-state index in [0.717, 1.165) is 19.1 Å². The molecule has 1 fully saturated rings. The normalized spacial score (nSPS) is 22.4. The third kappa shape index (κ3) is 2.07. The maximum absolute atomic E-state index is 12.6. The predicted molar refractivity (Wildman–Crippen MR) is 71.1 cm³/mol. The molecule has 0 bridgehead atoms. The van der Waals surface area contributed by atoms with E-state index in [1.54, 1.807) is 18.2 Å². The smallest absolute Gasteiger partial charge is 0.254 e. The summed E-state index contributed by atoms with van der Waals surface area (Å²) in [6.07, 6.45) is 3.08. The van der Waals surface area contributed by atoms with E-state index in [4.69, 9.17) is 0 Å². The Bertz CT molecular complexity index is 652. The number of amides is 1. The van der Waals surface area contributed by atoms with E-state index < -0.39 is 0 Å². The summed E-state index contributed by atoms with van der Waals surface area (Å²) in [6.45, 7) is 2.01. The molecule has 1 aliphatic rings. The average molecular weight is 273 g/mol. The number of carbonyl (C=O) groups is 2. The van der Waals surface area contributed by atoms with Crippen molar-refractivity contribution in [2.24, 2.45) is 0 Å². The number of carbonyl (C=O) groups excluding carboxylic acids is 2. The molecule has 1 amide bonds. The van der Waals surface area contributed by atoms with Gasteiger partial charge in [-0.2, -0.15) is 0 Å². The topological polar surface area (TPSA) is 76.3 Å².